The number of methoxy groups -OCH3 is 2. The van der Waals surface area contributed by atoms with Crippen molar-refractivity contribution in [1.29, 1.82) is 0 Å². The quantitative estimate of drug-likeness (QED) is 0.879. The molecule has 0 heterocycles. The Morgan fingerprint density at radius 3 is 2.10 bits per heavy atom. The molecule has 0 aliphatic carbocycles. The molecule has 21 heavy (non-hydrogen) atoms. The van der Waals surface area contributed by atoms with Crippen molar-refractivity contribution >= 4 is 0 Å². The lowest BCUT2D eigenvalue weighted by atomic mass is 10.1. The van der Waals surface area contributed by atoms with E-state index in [1.807, 2.05) is 25.1 Å². The fourth-order valence-corrected chi connectivity index (χ4v) is 2.11. The van der Waals surface area contributed by atoms with Gasteiger partial charge in [0.05, 0.1) is 14.2 Å². The van der Waals surface area contributed by atoms with E-state index in [9.17, 15) is 4.39 Å². The maximum Gasteiger partial charge on any atom is 0.123 e. The van der Waals surface area contributed by atoms with Crippen molar-refractivity contribution in [1.82, 2.24) is 5.32 Å². The fourth-order valence-electron chi connectivity index (χ4n) is 2.11. The van der Waals surface area contributed by atoms with E-state index in [2.05, 4.69) is 5.32 Å². The van der Waals surface area contributed by atoms with Crippen molar-refractivity contribution in [3.8, 4) is 11.5 Å². The molecule has 3 nitrogen and oxygen atoms in total. The van der Waals surface area contributed by atoms with E-state index in [0.717, 1.165) is 22.6 Å². The van der Waals surface area contributed by atoms with Crippen LogP contribution in [0.4, 0.5) is 4.39 Å². The first-order valence-electron chi connectivity index (χ1n) is 6.83. The van der Waals surface area contributed by atoms with Crippen LogP contribution >= 0.6 is 0 Å². The molecular weight excluding hydrogens is 269 g/mol. The van der Waals surface area contributed by atoms with Gasteiger partial charge in [0, 0.05) is 18.7 Å². The number of benzene rings is 2. The van der Waals surface area contributed by atoms with Crippen molar-refractivity contribution in [2.24, 2.45) is 0 Å². The highest BCUT2D eigenvalue weighted by atomic mass is 19.1. The Balaban J connectivity index is 2.03. The van der Waals surface area contributed by atoms with Crippen molar-refractivity contribution in [2.75, 3.05) is 14.2 Å². The zero-order valence-corrected chi connectivity index (χ0v) is 12.5. The lowest BCUT2D eigenvalue weighted by Crippen LogP contribution is -2.18. The van der Waals surface area contributed by atoms with Gasteiger partial charge in [0.15, 0.2) is 0 Å². The lowest BCUT2D eigenvalue weighted by molar-refractivity contribution is 0.392. The monoisotopic (exact) mass is 289 g/mol. The van der Waals surface area contributed by atoms with E-state index < -0.39 is 0 Å². The molecule has 0 bridgehead atoms. The maximum atomic E-state index is 12.9. The van der Waals surface area contributed by atoms with Crippen LogP contribution < -0.4 is 14.8 Å². The molecule has 1 atom stereocenters. The topological polar surface area (TPSA) is 30.5 Å². The first-order chi connectivity index (χ1) is 10.1. The zero-order chi connectivity index (χ0) is 15.2. The molecule has 0 spiro atoms. The Kier molecular flexibility index (Phi) is 5.17. The molecule has 2 aromatic carbocycles. The Morgan fingerprint density at radius 1 is 1.00 bits per heavy atom. The first kappa shape index (κ1) is 15.3. The molecule has 0 amide bonds. The third kappa shape index (κ3) is 4.20. The Bertz CT molecular complexity index is 562. The van der Waals surface area contributed by atoms with Gasteiger partial charge in [-0.25, -0.2) is 4.39 Å². The molecule has 1 N–H and O–H groups in total. The molecule has 112 valence electrons. The van der Waals surface area contributed by atoms with Crippen molar-refractivity contribution in [2.45, 2.75) is 19.5 Å². The molecule has 0 fully saturated rings. The van der Waals surface area contributed by atoms with Gasteiger partial charge in [-0.3, -0.25) is 0 Å². The third-order valence-electron chi connectivity index (χ3n) is 3.39. The molecule has 0 aromatic heterocycles. The van der Waals surface area contributed by atoms with E-state index in [1.54, 1.807) is 26.4 Å². The van der Waals surface area contributed by atoms with Crippen molar-refractivity contribution in [3.63, 3.8) is 0 Å². The summed E-state index contributed by atoms with van der Waals surface area (Å²) in [6.07, 6.45) is 0. The standard InChI is InChI=1S/C17H20FNO2/c1-12(14-4-6-15(18)7-5-14)19-11-13-8-16(20-2)10-17(9-13)21-3/h4-10,12,19H,11H2,1-3H3. The van der Waals surface area contributed by atoms with E-state index in [1.165, 1.54) is 12.1 Å². The van der Waals surface area contributed by atoms with Gasteiger partial charge < -0.3 is 14.8 Å². The molecule has 2 aromatic rings. The number of rotatable bonds is 6. The number of hydrogen-bond donors (Lipinski definition) is 1. The summed E-state index contributed by atoms with van der Waals surface area (Å²) in [5.74, 6) is 1.31. The van der Waals surface area contributed by atoms with Gasteiger partial charge in [0.2, 0.25) is 0 Å². The number of hydrogen-bond acceptors (Lipinski definition) is 3. The van der Waals surface area contributed by atoms with Crippen molar-refractivity contribution < 1.29 is 13.9 Å². The van der Waals surface area contributed by atoms with Gasteiger partial charge in [0.25, 0.3) is 0 Å². The van der Waals surface area contributed by atoms with Gasteiger partial charge in [-0.1, -0.05) is 12.1 Å². The SMILES string of the molecule is COc1cc(CNC(C)c2ccc(F)cc2)cc(OC)c1. The summed E-state index contributed by atoms with van der Waals surface area (Å²) < 4.78 is 23.4. The van der Waals surface area contributed by atoms with E-state index in [-0.39, 0.29) is 11.9 Å². The van der Waals surface area contributed by atoms with Crippen LogP contribution in [0.25, 0.3) is 0 Å². The highest BCUT2D eigenvalue weighted by molar-refractivity contribution is 5.38. The average Bonchev–Trinajstić information content (AvgIpc) is 2.52. The highest BCUT2D eigenvalue weighted by Gasteiger charge is 2.07. The summed E-state index contributed by atoms with van der Waals surface area (Å²) in [6.45, 7) is 2.72. The maximum absolute atomic E-state index is 12.9. The fraction of sp³-hybridized carbons (Fsp3) is 0.294. The van der Waals surface area contributed by atoms with Crippen LogP contribution in [-0.4, -0.2) is 14.2 Å². The smallest absolute Gasteiger partial charge is 0.123 e. The second kappa shape index (κ2) is 7.09. The summed E-state index contributed by atoms with van der Waals surface area (Å²) in [5, 5.41) is 3.40. The van der Waals surface area contributed by atoms with Gasteiger partial charge >= 0.3 is 0 Å². The normalized spacial score (nSPS) is 12.0. The predicted molar refractivity (Wildman–Crippen MR) is 81.2 cm³/mol. The van der Waals surface area contributed by atoms with Gasteiger partial charge in [-0.05, 0) is 42.3 Å². The molecule has 0 radical (unpaired) electrons. The minimum atomic E-state index is -0.219. The summed E-state index contributed by atoms with van der Waals surface area (Å²) in [5.41, 5.74) is 2.12. The summed E-state index contributed by atoms with van der Waals surface area (Å²) >= 11 is 0. The second-order valence-electron chi connectivity index (χ2n) is 4.88. The van der Waals surface area contributed by atoms with Crippen LogP contribution in [0, 0.1) is 5.82 Å². The molecular formula is C17H20FNO2. The number of nitrogens with one attached hydrogen (secondary N) is 1. The van der Waals surface area contributed by atoms with Crippen molar-refractivity contribution in [3.05, 3.63) is 59.4 Å². The second-order valence-corrected chi connectivity index (χ2v) is 4.88. The highest BCUT2D eigenvalue weighted by Crippen LogP contribution is 2.23. The average molecular weight is 289 g/mol. The molecule has 0 aliphatic rings. The van der Waals surface area contributed by atoms with Crippen LogP contribution in [0.1, 0.15) is 24.1 Å². The molecule has 1 unspecified atom stereocenters. The van der Waals surface area contributed by atoms with Gasteiger partial charge in [0.1, 0.15) is 17.3 Å². The van der Waals surface area contributed by atoms with E-state index >= 15 is 0 Å². The zero-order valence-electron chi connectivity index (χ0n) is 12.5. The Hall–Kier alpha value is -2.07. The van der Waals surface area contributed by atoms with Crippen LogP contribution in [-0.2, 0) is 6.54 Å². The van der Waals surface area contributed by atoms with Gasteiger partial charge in [-0.15, -0.1) is 0 Å². The number of ether oxygens (including phenoxy) is 2. The Labute approximate surface area is 124 Å². The van der Waals surface area contributed by atoms with E-state index in [4.69, 9.17) is 9.47 Å². The predicted octanol–water partition coefficient (Wildman–Crippen LogP) is 3.69. The lowest BCUT2D eigenvalue weighted by Gasteiger charge is -2.15. The van der Waals surface area contributed by atoms with Crippen LogP contribution in [0.5, 0.6) is 11.5 Å². The minimum Gasteiger partial charge on any atom is -0.497 e. The summed E-state index contributed by atoms with van der Waals surface area (Å²) in [6, 6.07) is 12.4. The van der Waals surface area contributed by atoms with Crippen LogP contribution in [0.3, 0.4) is 0 Å². The van der Waals surface area contributed by atoms with Crippen LogP contribution in [0.15, 0.2) is 42.5 Å². The van der Waals surface area contributed by atoms with Crippen LogP contribution in [0.2, 0.25) is 0 Å². The summed E-state index contributed by atoms with van der Waals surface area (Å²) in [4.78, 5) is 0. The molecule has 0 aliphatic heterocycles. The Morgan fingerprint density at radius 2 is 1.57 bits per heavy atom. The largest absolute Gasteiger partial charge is 0.497 e. The molecule has 0 saturated heterocycles. The molecule has 0 saturated carbocycles. The number of halogens is 1. The summed E-state index contributed by atoms with van der Waals surface area (Å²) in [7, 11) is 3.26. The van der Waals surface area contributed by atoms with Gasteiger partial charge in [-0.2, -0.15) is 0 Å². The molecule has 2 rings (SSSR count). The minimum absolute atomic E-state index is 0.128. The molecule has 4 heteroatoms. The first-order valence-corrected chi connectivity index (χ1v) is 6.83. The third-order valence-corrected chi connectivity index (χ3v) is 3.39. The van der Waals surface area contributed by atoms with E-state index in [0.29, 0.717) is 6.54 Å².